The van der Waals surface area contributed by atoms with Crippen molar-refractivity contribution in [2.75, 3.05) is 11.1 Å². The lowest BCUT2D eigenvalue weighted by atomic mass is 10.1. The van der Waals surface area contributed by atoms with Crippen molar-refractivity contribution < 1.29 is 4.79 Å². The van der Waals surface area contributed by atoms with Gasteiger partial charge in [0.2, 0.25) is 11.0 Å². The molecule has 1 aliphatic carbocycles. The summed E-state index contributed by atoms with van der Waals surface area (Å²) in [4.78, 5) is 16.8. The minimum Gasteiger partial charge on any atom is -0.300 e. The first-order valence-corrected chi connectivity index (χ1v) is 10.2. The predicted octanol–water partition coefficient (Wildman–Crippen LogP) is 3.37. The SMILES string of the molecule is CCc1nnc(NC(=O)CSc2nc3c(cc2C#N)CCCCC3)s1. The van der Waals surface area contributed by atoms with E-state index >= 15 is 0 Å². The van der Waals surface area contributed by atoms with Gasteiger partial charge in [0.15, 0.2) is 0 Å². The average Bonchev–Trinajstić information content (AvgIpc) is 2.95. The van der Waals surface area contributed by atoms with Gasteiger partial charge in [-0.1, -0.05) is 36.4 Å². The summed E-state index contributed by atoms with van der Waals surface area (Å²) in [5.74, 6) is 0.0334. The van der Waals surface area contributed by atoms with Gasteiger partial charge in [-0.15, -0.1) is 10.2 Å². The van der Waals surface area contributed by atoms with Crippen LogP contribution in [0.4, 0.5) is 5.13 Å². The van der Waals surface area contributed by atoms with Crippen molar-refractivity contribution in [3.63, 3.8) is 0 Å². The molecule has 2 aromatic rings. The number of hydrogen-bond acceptors (Lipinski definition) is 7. The van der Waals surface area contributed by atoms with Crippen molar-refractivity contribution in [2.24, 2.45) is 0 Å². The number of nitrogens with one attached hydrogen (secondary N) is 1. The monoisotopic (exact) mass is 373 g/mol. The van der Waals surface area contributed by atoms with E-state index in [9.17, 15) is 10.1 Å². The Balaban J connectivity index is 1.66. The number of amides is 1. The Morgan fingerprint density at radius 1 is 1.36 bits per heavy atom. The zero-order valence-electron chi connectivity index (χ0n) is 14.0. The Morgan fingerprint density at radius 2 is 2.20 bits per heavy atom. The Bertz CT molecular complexity index is 812. The van der Waals surface area contributed by atoms with E-state index < -0.39 is 0 Å². The van der Waals surface area contributed by atoms with Crippen LogP contribution in [-0.2, 0) is 24.1 Å². The maximum Gasteiger partial charge on any atom is 0.236 e. The molecular weight excluding hydrogens is 354 g/mol. The van der Waals surface area contributed by atoms with Gasteiger partial charge in [0.25, 0.3) is 0 Å². The lowest BCUT2D eigenvalue weighted by Gasteiger charge is -2.09. The molecule has 0 fully saturated rings. The van der Waals surface area contributed by atoms with Crippen LogP contribution in [-0.4, -0.2) is 26.8 Å². The highest BCUT2D eigenvalue weighted by molar-refractivity contribution is 8.00. The van der Waals surface area contributed by atoms with Crippen LogP contribution < -0.4 is 5.32 Å². The fraction of sp³-hybridized carbons (Fsp3) is 0.471. The van der Waals surface area contributed by atoms with E-state index in [0.29, 0.717) is 15.7 Å². The summed E-state index contributed by atoms with van der Waals surface area (Å²) in [6, 6.07) is 4.17. The van der Waals surface area contributed by atoms with Crippen molar-refractivity contribution in [3.05, 3.63) is 27.9 Å². The summed E-state index contributed by atoms with van der Waals surface area (Å²) >= 11 is 2.68. The van der Waals surface area contributed by atoms with E-state index in [1.807, 2.05) is 13.0 Å². The van der Waals surface area contributed by atoms with Gasteiger partial charge in [-0.25, -0.2) is 4.98 Å². The first-order chi connectivity index (χ1) is 12.2. The van der Waals surface area contributed by atoms with E-state index in [0.717, 1.165) is 42.8 Å². The normalized spacial score (nSPS) is 13.6. The first-order valence-electron chi connectivity index (χ1n) is 8.37. The van der Waals surface area contributed by atoms with Crippen LogP contribution in [0.2, 0.25) is 0 Å². The van der Waals surface area contributed by atoms with Gasteiger partial charge in [0.05, 0.1) is 11.3 Å². The van der Waals surface area contributed by atoms with E-state index in [2.05, 4.69) is 26.6 Å². The van der Waals surface area contributed by atoms with Crippen molar-refractivity contribution in [2.45, 2.75) is 50.5 Å². The van der Waals surface area contributed by atoms with Gasteiger partial charge < -0.3 is 0 Å². The minimum atomic E-state index is -0.163. The Kier molecular flexibility index (Phi) is 6.00. The summed E-state index contributed by atoms with van der Waals surface area (Å²) in [6.07, 6.45) is 6.21. The van der Waals surface area contributed by atoms with Gasteiger partial charge in [0.1, 0.15) is 16.1 Å². The molecule has 8 heteroatoms. The molecule has 0 radical (unpaired) electrons. The molecule has 1 N–H and O–H groups in total. The van der Waals surface area contributed by atoms with Gasteiger partial charge >= 0.3 is 0 Å². The van der Waals surface area contributed by atoms with Crippen LogP contribution in [0, 0.1) is 11.3 Å². The summed E-state index contributed by atoms with van der Waals surface area (Å²) in [5, 5.41) is 22.1. The molecule has 0 unspecified atom stereocenters. The molecule has 1 amide bonds. The quantitative estimate of drug-likeness (QED) is 0.638. The largest absolute Gasteiger partial charge is 0.300 e. The minimum absolute atomic E-state index is 0.163. The first kappa shape index (κ1) is 17.8. The molecule has 0 aliphatic heterocycles. The highest BCUT2D eigenvalue weighted by Crippen LogP contribution is 2.27. The van der Waals surface area contributed by atoms with Crippen LogP contribution in [0.15, 0.2) is 11.1 Å². The molecule has 2 heterocycles. The lowest BCUT2D eigenvalue weighted by Crippen LogP contribution is -2.14. The molecule has 2 aromatic heterocycles. The van der Waals surface area contributed by atoms with Crippen LogP contribution in [0.3, 0.4) is 0 Å². The van der Waals surface area contributed by atoms with Crippen LogP contribution in [0.25, 0.3) is 0 Å². The summed E-state index contributed by atoms with van der Waals surface area (Å²) in [7, 11) is 0. The van der Waals surface area contributed by atoms with Gasteiger partial charge in [-0.3, -0.25) is 10.1 Å². The highest BCUT2D eigenvalue weighted by atomic mass is 32.2. The third-order valence-electron chi connectivity index (χ3n) is 3.99. The Labute approximate surface area is 155 Å². The Hall–Kier alpha value is -1.98. The fourth-order valence-electron chi connectivity index (χ4n) is 2.72. The lowest BCUT2D eigenvalue weighted by molar-refractivity contribution is -0.113. The van der Waals surface area contributed by atoms with Crippen molar-refractivity contribution in [1.82, 2.24) is 15.2 Å². The number of carbonyl (C=O) groups is 1. The molecule has 0 bridgehead atoms. The molecule has 6 nitrogen and oxygen atoms in total. The molecule has 1 aliphatic rings. The Morgan fingerprint density at radius 3 is 2.96 bits per heavy atom. The number of anilines is 1. The van der Waals surface area contributed by atoms with Crippen LogP contribution in [0.1, 0.15) is 48.0 Å². The number of aromatic nitrogens is 3. The number of aryl methyl sites for hydroxylation is 3. The summed E-state index contributed by atoms with van der Waals surface area (Å²) < 4.78 is 0. The van der Waals surface area contributed by atoms with E-state index in [4.69, 9.17) is 0 Å². The predicted molar refractivity (Wildman–Crippen MR) is 98.9 cm³/mol. The number of hydrogen-bond donors (Lipinski definition) is 1. The molecule has 25 heavy (non-hydrogen) atoms. The number of fused-ring (bicyclic) bond motifs is 1. The van der Waals surface area contributed by atoms with Crippen molar-refractivity contribution in [3.8, 4) is 6.07 Å². The number of nitrogens with zero attached hydrogens (tertiary/aromatic N) is 4. The molecule has 3 rings (SSSR count). The smallest absolute Gasteiger partial charge is 0.236 e. The highest BCUT2D eigenvalue weighted by Gasteiger charge is 2.16. The molecule has 0 saturated carbocycles. The van der Waals surface area contributed by atoms with Crippen LogP contribution >= 0.6 is 23.1 Å². The van der Waals surface area contributed by atoms with E-state index in [-0.39, 0.29) is 11.7 Å². The van der Waals surface area contributed by atoms with Gasteiger partial charge in [-0.05, 0) is 43.7 Å². The number of rotatable bonds is 5. The van der Waals surface area contributed by atoms with E-state index in [1.54, 1.807) is 0 Å². The molecule has 0 spiro atoms. The topological polar surface area (TPSA) is 91.6 Å². The standard InChI is InChI=1S/C17H19N5OS2/c1-2-15-21-22-17(25-15)20-14(23)10-24-16-12(9-18)8-11-6-4-3-5-7-13(11)19-16/h8H,2-7,10H2,1H3,(H,20,22,23). The fourth-order valence-corrected chi connectivity index (χ4v) is 4.19. The van der Waals surface area contributed by atoms with Crippen molar-refractivity contribution >= 4 is 34.1 Å². The number of nitriles is 1. The zero-order valence-corrected chi connectivity index (χ0v) is 15.7. The van der Waals surface area contributed by atoms with Crippen LogP contribution in [0.5, 0.6) is 0 Å². The van der Waals surface area contributed by atoms with Gasteiger partial charge in [-0.2, -0.15) is 5.26 Å². The van der Waals surface area contributed by atoms with Crippen molar-refractivity contribution in [1.29, 1.82) is 5.26 Å². The molecular formula is C17H19N5OS2. The molecule has 0 saturated heterocycles. The third-order valence-corrected chi connectivity index (χ3v) is 5.97. The molecule has 0 aromatic carbocycles. The van der Waals surface area contributed by atoms with E-state index in [1.165, 1.54) is 35.1 Å². The number of carbonyl (C=O) groups excluding carboxylic acids is 1. The summed E-state index contributed by atoms with van der Waals surface area (Å²) in [6.45, 7) is 2.00. The molecule has 130 valence electrons. The average molecular weight is 374 g/mol. The second kappa shape index (κ2) is 8.41. The second-order valence-corrected chi connectivity index (χ2v) is 7.84. The molecule has 0 atom stereocenters. The zero-order chi connectivity index (χ0) is 17.6. The van der Waals surface area contributed by atoms with Gasteiger partial charge in [0, 0.05) is 5.69 Å². The second-order valence-electron chi connectivity index (χ2n) is 5.81. The third kappa shape index (κ3) is 4.55. The summed E-state index contributed by atoms with van der Waals surface area (Å²) in [5.41, 5.74) is 2.82. The maximum absolute atomic E-state index is 12.1. The number of pyridine rings is 1. The number of thioether (sulfide) groups is 1. The maximum atomic E-state index is 12.1.